The fourth-order valence-electron chi connectivity index (χ4n) is 0.925. The van der Waals surface area contributed by atoms with Gasteiger partial charge in [-0.2, -0.15) is 0 Å². The maximum Gasteiger partial charge on any atom is 0.354 e. The van der Waals surface area contributed by atoms with Gasteiger partial charge in [-0.1, -0.05) is 23.7 Å². The molecule has 6 heteroatoms. The summed E-state index contributed by atoms with van der Waals surface area (Å²) < 4.78 is 13.7. The highest BCUT2D eigenvalue weighted by molar-refractivity contribution is 6.32. The number of para-hydroxylation sites is 1. The van der Waals surface area contributed by atoms with Crippen LogP contribution < -0.4 is 4.74 Å². The first kappa shape index (κ1) is 16.4. The molecule has 0 saturated heterocycles. The Morgan fingerprint density at radius 3 is 2.28 bits per heavy atom. The summed E-state index contributed by atoms with van der Waals surface area (Å²) in [6.45, 7) is 0. The molecular weight excluding hydrogens is 260 g/mol. The summed E-state index contributed by atoms with van der Waals surface area (Å²) in [6.07, 6.45) is -0.926. The third-order valence-corrected chi connectivity index (χ3v) is 1.96. The van der Waals surface area contributed by atoms with Gasteiger partial charge in [0.1, 0.15) is 5.75 Å². The van der Waals surface area contributed by atoms with Gasteiger partial charge in [-0.05, 0) is 12.1 Å². The normalized spacial score (nSPS) is 10.7. The molecule has 1 rings (SSSR count). The van der Waals surface area contributed by atoms with E-state index in [4.69, 9.17) is 16.3 Å². The molecule has 1 atom stereocenters. The molecule has 1 unspecified atom stereocenters. The summed E-state index contributed by atoms with van der Waals surface area (Å²) in [6, 6.07) is 6.54. The van der Waals surface area contributed by atoms with Crippen LogP contribution in [0.1, 0.15) is 0 Å². The average Bonchev–Trinajstić information content (AvgIpc) is 2.38. The van der Waals surface area contributed by atoms with Crippen molar-refractivity contribution in [3.8, 4) is 5.75 Å². The molecule has 0 aromatic heterocycles. The van der Waals surface area contributed by atoms with Crippen LogP contribution in [0.5, 0.6) is 5.75 Å². The third-order valence-electron chi connectivity index (χ3n) is 1.65. The molecule has 5 nitrogen and oxygen atoms in total. The lowest BCUT2D eigenvalue weighted by Crippen LogP contribution is -2.30. The van der Waals surface area contributed by atoms with Crippen LogP contribution in [0.3, 0.4) is 0 Å². The van der Waals surface area contributed by atoms with Crippen molar-refractivity contribution in [2.45, 2.75) is 6.10 Å². The molecule has 0 saturated carbocycles. The molecule has 0 aliphatic heterocycles. The van der Waals surface area contributed by atoms with Gasteiger partial charge >= 0.3 is 5.97 Å². The van der Waals surface area contributed by atoms with Gasteiger partial charge in [0, 0.05) is 14.2 Å². The third kappa shape index (κ3) is 5.65. The predicted octanol–water partition coefficient (Wildman–Crippen LogP) is 1.72. The van der Waals surface area contributed by atoms with E-state index >= 15 is 0 Å². The van der Waals surface area contributed by atoms with Crippen LogP contribution in [0.15, 0.2) is 24.3 Å². The van der Waals surface area contributed by atoms with Crippen LogP contribution >= 0.6 is 11.6 Å². The first-order valence-electron chi connectivity index (χ1n) is 4.95. The number of carbonyl (C=O) groups is 2. The zero-order chi connectivity index (χ0) is 14.0. The van der Waals surface area contributed by atoms with E-state index in [0.29, 0.717) is 11.3 Å². The quantitative estimate of drug-likeness (QED) is 0.475. The fourth-order valence-corrected chi connectivity index (χ4v) is 1.10. The zero-order valence-corrected chi connectivity index (χ0v) is 11.1. The molecule has 0 bridgehead atoms. The van der Waals surface area contributed by atoms with Crippen LogP contribution in [0, 0.1) is 0 Å². The number of rotatable bonds is 4. The molecule has 0 heterocycles. The number of halogens is 1. The lowest BCUT2D eigenvalue weighted by atomic mass is 10.3. The van der Waals surface area contributed by atoms with Crippen molar-refractivity contribution in [3.63, 3.8) is 0 Å². The van der Waals surface area contributed by atoms with Crippen LogP contribution in [0.25, 0.3) is 0 Å². The van der Waals surface area contributed by atoms with Crippen molar-refractivity contribution >= 4 is 23.9 Å². The minimum absolute atomic E-state index is 0.265. The number of hydrogen-bond donors (Lipinski definition) is 0. The van der Waals surface area contributed by atoms with E-state index in [1.165, 1.54) is 7.11 Å². The second kappa shape index (κ2) is 9.44. The first-order chi connectivity index (χ1) is 8.60. The van der Waals surface area contributed by atoms with Crippen molar-refractivity contribution in [2.24, 2.45) is 0 Å². The molecule has 0 radical (unpaired) electrons. The summed E-state index contributed by atoms with van der Waals surface area (Å²) in [5, 5.41) is 0.327. The van der Waals surface area contributed by atoms with Gasteiger partial charge in [-0.15, -0.1) is 0 Å². The van der Waals surface area contributed by atoms with Gasteiger partial charge in [0.15, 0.2) is 6.29 Å². The van der Waals surface area contributed by atoms with E-state index in [0.717, 1.165) is 0 Å². The van der Waals surface area contributed by atoms with E-state index in [9.17, 15) is 9.59 Å². The van der Waals surface area contributed by atoms with Gasteiger partial charge in [0.05, 0.1) is 12.1 Å². The van der Waals surface area contributed by atoms with Crippen LogP contribution in [-0.2, 0) is 19.1 Å². The minimum Gasteiger partial charge on any atom is -0.470 e. The molecule has 0 N–H and O–H groups in total. The average molecular weight is 275 g/mol. The molecule has 0 spiro atoms. The summed E-state index contributed by atoms with van der Waals surface area (Å²) in [4.78, 5) is 21.6. The van der Waals surface area contributed by atoms with Crippen molar-refractivity contribution in [2.75, 3.05) is 21.3 Å². The lowest BCUT2D eigenvalue weighted by molar-refractivity contribution is -0.150. The summed E-state index contributed by atoms with van der Waals surface area (Å²) in [5.41, 5.74) is 0. The molecule has 0 amide bonds. The Kier molecular flexibility index (Phi) is 8.61. The second-order valence-corrected chi connectivity index (χ2v) is 3.44. The highest BCUT2D eigenvalue weighted by Gasteiger charge is 2.20. The number of aldehydes is 1. The van der Waals surface area contributed by atoms with Crippen LogP contribution in [0.2, 0.25) is 5.02 Å². The number of benzene rings is 1. The predicted molar refractivity (Wildman–Crippen MR) is 66.9 cm³/mol. The van der Waals surface area contributed by atoms with Crippen molar-refractivity contribution in [1.29, 1.82) is 0 Å². The molecule has 1 aromatic rings. The zero-order valence-electron chi connectivity index (χ0n) is 10.4. The molecular formula is C12H15ClO5. The largest absolute Gasteiger partial charge is 0.470 e. The van der Waals surface area contributed by atoms with Crippen molar-refractivity contribution in [3.05, 3.63) is 29.3 Å². The Morgan fingerprint density at radius 1 is 1.28 bits per heavy atom. The number of carbonyl (C=O) groups excluding carboxylic acids is 2. The van der Waals surface area contributed by atoms with E-state index < -0.39 is 12.1 Å². The van der Waals surface area contributed by atoms with Crippen LogP contribution in [-0.4, -0.2) is 39.7 Å². The van der Waals surface area contributed by atoms with E-state index in [1.54, 1.807) is 38.5 Å². The Hall–Kier alpha value is -1.59. The smallest absolute Gasteiger partial charge is 0.354 e. The van der Waals surface area contributed by atoms with Gasteiger partial charge in [0.2, 0.25) is 6.10 Å². The summed E-state index contributed by atoms with van der Waals surface area (Å²) >= 11 is 5.78. The summed E-state index contributed by atoms with van der Waals surface area (Å²) in [5.74, 6) is -0.494. The molecule has 18 heavy (non-hydrogen) atoms. The second-order valence-electron chi connectivity index (χ2n) is 3.04. The Balaban J connectivity index is 0.000000873. The Bertz CT molecular complexity index is 380. The molecule has 0 aliphatic rings. The van der Waals surface area contributed by atoms with Crippen molar-refractivity contribution < 1.29 is 23.8 Å². The Morgan fingerprint density at radius 2 is 1.83 bits per heavy atom. The van der Waals surface area contributed by atoms with Gasteiger partial charge in [0.25, 0.3) is 0 Å². The minimum atomic E-state index is -1.28. The van der Waals surface area contributed by atoms with E-state index in [2.05, 4.69) is 9.47 Å². The highest BCUT2D eigenvalue weighted by atomic mass is 35.5. The SMILES string of the molecule is COC.COC(=O)C(C=O)Oc1ccccc1Cl. The maximum atomic E-state index is 11.0. The van der Waals surface area contributed by atoms with Gasteiger partial charge in [-0.25, -0.2) is 4.79 Å². The number of hydrogen-bond acceptors (Lipinski definition) is 5. The van der Waals surface area contributed by atoms with E-state index in [-0.39, 0.29) is 5.75 Å². The summed E-state index contributed by atoms with van der Waals surface area (Å²) in [7, 11) is 4.43. The molecule has 0 aliphatic carbocycles. The van der Waals surface area contributed by atoms with Crippen LogP contribution in [0.4, 0.5) is 0 Å². The first-order valence-corrected chi connectivity index (χ1v) is 5.32. The van der Waals surface area contributed by atoms with Gasteiger partial charge in [-0.3, -0.25) is 4.79 Å². The number of esters is 1. The van der Waals surface area contributed by atoms with Crippen molar-refractivity contribution in [1.82, 2.24) is 0 Å². The maximum absolute atomic E-state index is 11.0. The monoisotopic (exact) mass is 274 g/mol. The number of methoxy groups -OCH3 is 2. The number of ether oxygens (including phenoxy) is 3. The molecule has 100 valence electrons. The topological polar surface area (TPSA) is 61.8 Å². The lowest BCUT2D eigenvalue weighted by Gasteiger charge is -2.11. The van der Waals surface area contributed by atoms with E-state index in [1.807, 2.05) is 0 Å². The fraction of sp³-hybridized carbons (Fsp3) is 0.333. The molecule has 1 aromatic carbocycles. The van der Waals surface area contributed by atoms with Gasteiger partial charge < -0.3 is 14.2 Å². The molecule has 0 fully saturated rings. The highest BCUT2D eigenvalue weighted by Crippen LogP contribution is 2.24. The standard InChI is InChI=1S/C10H9ClO4.C2H6O/c1-14-10(13)9(6-12)15-8-5-3-2-4-7(8)11;1-3-2/h2-6,9H,1H3;1-2H3. The Labute approximate surface area is 111 Å².